The highest BCUT2D eigenvalue weighted by Crippen LogP contribution is 2.10. The molecule has 1 aromatic rings. The Morgan fingerprint density at radius 3 is 2.30 bits per heavy atom. The fourth-order valence-corrected chi connectivity index (χ4v) is 2.40. The van der Waals surface area contributed by atoms with E-state index >= 15 is 0 Å². The van der Waals surface area contributed by atoms with Crippen LogP contribution in [-0.2, 0) is 6.42 Å². The number of hydrogen-bond acceptors (Lipinski definition) is 3. The molecule has 0 bridgehead atoms. The number of aryl methyl sites for hydroxylation is 1. The molecule has 20 heavy (non-hydrogen) atoms. The van der Waals surface area contributed by atoms with Crippen molar-refractivity contribution < 1.29 is 0 Å². The molecule has 0 spiro atoms. The minimum absolute atomic E-state index is 0.0773. The van der Waals surface area contributed by atoms with Crippen LogP contribution in [0.1, 0.15) is 63.1 Å². The maximum absolute atomic E-state index is 12.3. The van der Waals surface area contributed by atoms with Crippen LogP contribution in [0.2, 0.25) is 0 Å². The SMILES string of the molecule is CCCCCCCCCc1c(C)ncn(N(C)C)c1=O. The Balaban J connectivity index is 2.47. The Bertz CT molecular complexity index is 452. The predicted molar refractivity (Wildman–Crippen MR) is 85.0 cm³/mol. The molecule has 114 valence electrons. The van der Waals surface area contributed by atoms with Gasteiger partial charge >= 0.3 is 0 Å². The van der Waals surface area contributed by atoms with E-state index < -0.39 is 0 Å². The quantitative estimate of drug-likeness (QED) is 0.652. The molecule has 0 atom stereocenters. The first kappa shape index (κ1) is 16.7. The summed E-state index contributed by atoms with van der Waals surface area (Å²) < 4.78 is 1.57. The maximum Gasteiger partial charge on any atom is 0.275 e. The number of nitrogens with zero attached hydrogens (tertiary/aromatic N) is 3. The zero-order valence-corrected chi connectivity index (χ0v) is 13.5. The van der Waals surface area contributed by atoms with Gasteiger partial charge in [-0.25, -0.2) is 9.66 Å². The van der Waals surface area contributed by atoms with Crippen LogP contribution >= 0.6 is 0 Å². The van der Waals surface area contributed by atoms with E-state index in [-0.39, 0.29) is 5.56 Å². The standard InChI is InChI=1S/C16H29N3O/c1-5-6-7-8-9-10-11-12-15-14(2)17-13-19(16(15)20)18(3)4/h13H,5-12H2,1-4H3. The Morgan fingerprint density at radius 2 is 1.70 bits per heavy atom. The molecule has 0 saturated carbocycles. The molecule has 4 nitrogen and oxygen atoms in total. The first-order valence-electron chi connectivity index (χ1n) is 7.82. The zero-order chi connectivity index (χ0) is 15.0. The molecule has 1 aromatic heterocycles. The lowest BCUT2D eigenvalue weighted by molar-refractivity contribution is 0.583. The van der Waals surface area contributed by atoms with Gasteiger partial charge in [0.1, 0.15) is 6.33 Å². The van der Waals surface area contributed by atoms with Crippen LogP contribution in [0.3, 0.4) is 0 Å². The van der Waals surface area contributed by atoms with Crippen LogP contribution in [0.25, 0.3) is 0 Å². The summed E-state index contributed by atoms with van der Waals surface area (Å²) in [5.41, 5.74) is 1.82. The van der Waals surface area contributed by atoms with Gasteiger partial charge in [0.15, 0.2) is 0 Å². The molecule has 0 aliphatic carbocycles. The molecule has 0 saturated heterocycles. The van der Waals surface area contributed by atoms with Gasteiger partial charge in [-0.1, -0.05) is 45.4 Å². The zero-order valence-electron chi connectivity index (χ0n) is 13.5. The van der Waals surface area contributed by atoms with Gasteiger partial charge in [0, 0.05) is 25.4 Å². The summed E-state index contributed by atoms with van der Waals surface area (Å²) in [6, 6.07) is 0. The molecule has 0 radical (unpaired) electrons. The first-order chi connectivity index (χ1) is 9.57. The van der Waals surface area contributed by atoms with Crippen LogP contribution in [0, 0.1) is 6.92 Å². The van der Waals surface area contributed by atoms with E-state index in [4.69, 9.17) is 0 Å². The van der Waals surface area contributed by atoms with E-state index in [1.165, 1.54) is 38.5 Å². The number of aromatic nitrogens is 2. The van der Waals surface area contributed by atoms with Crippen molar-refractivity contribution in [3.63, 3.8) is 0 Å². The molecular formula is C16H29N3O. The van der Waals surface area contributed by atoms with Gasteiger partial charge < -0.3 is 5.01 Å². The topological polar surface area (TPSA) is 38.1 Å². The minimum atomic E-state index is 0.0773. The summed E-state index contributed by atoms with van der Waals surface area (Å²) in [4.78, 5) is 16.6. The van der Waals surface area contributed by atoms with Crippen LogP contribution in [0.4, 0.5) is 0 Å². The summed E-state index contributed by atoms with van der Waals surface area (Å²) in [5, 5.41) is 1.77. The average molecular weight is 279 g/mol. The molecule has 1 heterocycles. The van der Waals surface area contributed by atoms with E-state index in [2.05, 4.69) is 11.9 Å². The van der Waals surface area contributed by atoms with Gasteiger partial charge in [-0.3, -0.25) is 4.79 Å². The van der Waals surface area contributed by atoms with Crippen molar-refractivity contribution in [1.82, 2.24) is 9.66 Å². The largest absolute Gasteiger partial charge is 0.315 e. The third-order valence-corrected chi connectivity index (χ3v) is 3.73. The summed E-state index contributed by atoms with van der Waals surface area (Å²) >= 11 is 0. The van der Waals surface area contributed by atoms with E-state index in [0.717, 1.165) is 24.1 Å². The highest BCUT2D eigenvalue weighted by Gasteiger charge is 2.09. The van der Waals surface area contributed by atoms with Crippen molar-refractivity contribution in [2.24, 2.45) is 0 Å². The second-order valence-electron chi connectivity index (χ2n) is 5.68. The Kier molecular flexibility index (Phi) is 7.34. The number of unbranched alkanes of at least 4 members (excludes halogenated alkanes) is 6. The van der Waals surface area contributed by atoms with E-state index in [1.54, 1.807) is 16.0 Å². The Hall–Kier alpha value is -1.32. The van der Waals surface area contributed by atoms with Crippen LogP contribution in [-0.4, -0.2) is 23.8 Å². The lowest BCUT2D eigenvalue weighted by Crippen LogP contribution is -2.38. The first-order valence-corrected chi connectivity index (χ1v) is 7.82. The molecule has 4 heteroatoms. The lowest BCUT2D eigenvalue weighted by atomic mass is 10.0. The van der Waals surface area contributed by atoms with Crippen molar-refractivity contribution in [2.45, 2.75) is 65.2 Å². The molecule has 1 rings (SSSR count). The predicted octanol–water partition coefficient (Wildman–Crippen LogP) is 3.04. The van der Waals surface area contributed by atoms with Crippen molar-refractivity contribution in [3.05, 3.63) is 27.9 Å². The molecule has 0 N–H and O–H groups in total. The third-order valence-electron chi connectivity index (χ3n) is 3.73. The fraction of sp³-hybridized carbons (Fsp3) is 0.750. The normalized spacial score (nSPS) is 10.8. The van der Waals surface area contributed by atoms with Crippen LogP contribution in [0.5, 0.6) is 0 Å². The van der Waals surface area contributed by atoms with E-state index in [1.807, 2.05) is 21.0 Å². The molecule has 0 aliphatic heterocycles. The number of hydrogen-bond donors (Lipinski definition) is 0. The molecular weight excluding hydrogens is 250 g/mol. The fourth-order valence-electron chi connectivity index (χ4n) is 2.40. The monoisotopic (exact) mass is 279 g/mol. The highest BCUT2D eigenvalue weighted by atomic mass is 16.1. The molecule has 0 aromatic carbocycles. The van der Waals surface area contributed by atoms with Gasteiger partial charge in [0.05, 0.1) is 0 Å². The maximum atomic E-state index is 12.3. The van der Waals surface area contributed by atoms with Gasteiger partial charge in [0.25, 0.3) is 5.56 Å². The second-order valence-corrected chi connectivity index (χ2v) is 5.68. The molecule has 0 aliphatic rings. The van der Waals surface area contributed by atoms with Crippen molar-refractivity contribution in [3.8, 4) is 0 Å². The minimum Gasteiger partial charge on any atom is -0.315 e. The van der Waals surface area contributed by atoms with Crippen LogP contribution < -0.4 is 10.6 Å². The molecule has 0 unspecified atom stereocenters. The average Bonchev–Trinajstić information content (AvgIpc) is 2.40. The highest BCUT2D eigenvalue weighted by molar-refractivity contribution is 5.16. The summed E-state index contributed by atoms with van der Waals surface area (Å²) in [6.45, 7) is 4.17. The van der Waals surface area contributed by atoms with Gasteiger partial charge in [-0.2, -0.15) is 0 Å². The summed E-state index contributed by atoms with van der Waals surface area (Å²) in [5.74, 6) is 0. The second kappa shape index (κ2) is 8.77. The lowest BCUT2D eigenvalue weighted by Gasteiger charge is -2.16. The Labute approximate surface area is 122 Å². The Morgan fingerprint density at radius 1 is 1.10 bits per heavy atom. The summed E-state index contributed by atoms with van der Waals surface area (Å²) in [6.07, 6.45) is 11.3. The smallest absolute Gasteiger partial charge is 0.275 e. The van der Waals surface area contributed by atoms with Crippen molar-refractivity contribution in [2.75, 3.05) is 19.1 Å². The van der Waals surface area contributed by atoms with Gasteiger partial charge in [-0.15, -0.1) is 0 Å². The van der Waals surface area contributed by atoms with Gasteiger partial charge in [-0.05, 0) is 19.8 Å². The van der Waals surface area contributed by atoms with Gasteiger partial charge in [0.2, 0.25) is 0 Å². The van der Waals surface area contributed by atoms with E-state index in [9.17, 15) is 4.79 Å². The van der Waals surface area contributed by atoms with Crippen molar-refractivity contribution in [1.29, 1.82) is 0 Å². The third kappa shape index (κ3) is 4.99. The van der Waals surface area contributed by atoms with E-state index in [0.29, 0.717) is 0 Å². The summed E-state index contributed by atoms with van der Waals surface area (Å²) in [7, 11) is 3.71. The molecule has 0 amide bonds. The van der Waals surface area contributed by atoms with Crippen LogP contribution in [0.15, 0.2) is 11.1 Å². The number of rotatable bonds is 9. The molecule has 0 fully saturated rings. The van der Waals surface area contributed by atoms with Crippen molar-refractivity contribution >= 4 is 0 Å².